The third kappa shape index (κ3) is 3.51. The second-order valence-electron chi connectivity index (χ2n) is 5.13. The van der Waals surface area contributed by atoms with Gasteiger partial charge in [-0.1, -0.05) is 23.5 Å². The van der Waals surface area contributed by atoms with E-state index in [9.17, 15) is 4.79 Å². The van der Waals surface area contributed by atoms with Crippen molar-refractivity contribution in [1.29, 1.82) is 0 Å². The Morgan fingerprint density at radius 3 is 2.76 bits per heavy atom. The summed E-state index contributed by atoms with van der Waals surface area (Å²) in [7, 11) is 0. The van der Waals surface area contributed by atoms with Crippen molar-refractivity contribution in [3.05, 3.63) is 24.3 Å². The summed E-state index contributed by atoms with van der Waals surface area (Å²) in [5, 5.41) is 1.11. The fourth-order valence-electron chi connectivity index (χ4n) is 2.48. The molecular formula is C15H19N3O2S. The first kappa shape index (κ1) is 14.3. The maximum Gasteiger partial charge on any atom is 0.302 e. The number of carbonyl (C=O) groups excluding carboxylic acids is 1. The number of hydrogen-bond donors (Lipinski definition) is 0. The molecule has 0 atom stereocenters. The van der Waals surface area contributed by atoms with Crippen LogP contribution in [0.1, 0.15) is 6.92 Å². The van der Waals surface area contributed by atoms with Gasteiger partial charge in [-0.15, -0.1) is 0 Å². The van der Waals surface area contributed by atoms with Gasteiger partial charge in [0.25, 0.3) is 0 Å². The van der Waals surface area contributed by atoms with E-state index in [1.54, 1.807) is 11.3 Å². The number of piperazine rings is 1. The van der Waals surface area contributed by atoms with E-state index in [-0.39, 0.29) is 5.97 Å². The molecule has 2 aromatic rings. The predicted molar refractivity (Wildman–Crippen MR) is 84.9 cm³/mol. The topological polar surface area (TPSA) is 45.7 Å². The van der Waals surface area contributed by atoms with Gasteiger partial charge in [0.15, 0.2) is 5.13 Å². The van der Waals surface area contributed by atoms with Crippen molar-refractivity contribution in [2.75, 3.05) is 44.2 Å². The molecule has 1 aliphatic heterocycles. The summed E-state index contributed by atoms with van der Waals surface area (Å²) in [6.07, 6.45) is 0. The highest BCUT2D eigenvalue weighted by Gasteiger charge is 2.19. The number of benzene rings is 1. The molecule has 5 nitrogen and oxygen atoms in total. The van der Waals surface area contributed by atoms with Crippen LogP contribution in [0.15, 0.2) is 24.3 Å². The van der Waals surface area contributed by atoms with Crippen molar-refractivity contribution in [1.82, 2.24) is 9.88 Å². The van der Waals surface area contributed by atoms with Gasteiger partial charge in [-0.05, 0) is 12.1 Å². The quantitative estimate of drug-likeness (QED) is 0.808. The Labute approximate surface area is 128 Å². The van der Waals surface area contributed by atoms with Gasteiger partial charge in [-0.2, -0.15) is 0 Å². The molecule has 0 bridgehead atoms. The zero-order valence-corrected chi connectivity index (χ0v) is 12.9. The number of carbonyl (C=O) groups is 1. The molecule has 3 rings (SSSR count). The molecule has 112 valence electrons. The lowest BCUT2D eigenvalue weighted by Crippen LogP contribution is -2.47. The Hall–Kier alpha value is -1.66. The zero-order valence-electron chi connectivity index (χ0n) is 12.1. The summed E-state index contributed by atoms with van der Waals surface area (Å²) in [5.41, 5.74) is 1.08. The summed E-state index contributed by atoms with van der Waals surface area (Å²) < 4.78 is 6.23. The summed E-state index contributed by atoms with van der Waals surface area (Å²) in [6.45, 7) is 6.66. The van der Waals surface area contributed by atoms with Crippen molar-refractivity contribution in [2.45, 2.75) is 6.92 Å². The Morgan fingerprint density at radius 1 is 1.29 bits per heavy atom. The molecule has 1 fully saturated rings. The standard InChI is InChI=1S/C15H19N3O2S/c1-12(19)20-11-10-17-6-8-18(9-7-17)15-16-13-4-2-3-5-14(13)21-15/h2-5H,6-11H2,1H3. The van der Waals surface area contributed by atoms with Crippen LogP contribution in [-0.2, 0) is 9.53 Å². The van der Waals surface area contributed by atoms with Gasteiger partial charge in [0.1, 0.15) is 6.61 Å². The van der Waals surface area contributed by atoms with E-state index >= 15 is 0 Å². The van der Waals surface area contributed by atoms with Crippen LogP contribution in [0.25, 0.3) is 10.2 Å². The van der Waals surface area contributed by atoms with Crippen LogP contribution < -0.4 is 4.90 Å². The van der Waals surface area contributed by atoms with E-state index in [0.717, 1.165) is 43.4 Å². The van der Waals surface area contributed by atoms with E-state index in [2.05, 4.69) is 28.0 Å². The number of nitrogens with zero attached hydrogens (tertiary/aromatic N) is 3. The van der Waals surface area contributed by atoms with Crippen molar-refractivity contribution >= 4 is 32.7 Å². The van der Waals surface area contributed by atoms with E-state index in [1.807, 2.05) is 6.07 Å². The van der Waals surface area contributed by atoms with Gasteiger partial charge >= 0.3 is 5.97 Å². The average molecular weight is 305 g/mol. The smallest absolute Gasteiger partial charge is 0.302 e. The Kier molecular flexibility index (Phi) is 4.36. The SMILES string of the molecule is CC(=O)OCCN1CCN(c2nc3ccccc3s2)CC1. The first-order valence-electron chi connectivity index (χ1n) is 7.18. The molecule has 1 aromatic heterocycles. The predicted octanol–water partition coefficient (Wildman–Crippen LogP) is 1.98. The fraction of sp³-hybridized carbons (Fsp3) is 0.467. The number of hydrogen-bond acceptors (Lipinski definition) is 6. The lowest BCUT2D eigenvalue weighted by atomic mass is 10.3. The number of aromatic nitrogens is 1. The largest absolute Gasteiger partial charge is 0.465 e. The van der Waals surface area contributed by atoms with Crippen molar-refractivity contribution in [3.8, 4) is 0 Å². The van der Waals surface area contributed by atoms with Gasteiger partial charge in [0.05, 0.1) is 10.2 Å². The van der Waals surface area contributed by atoms with Crippen LogP contribution in [0.4, 0.5) is 5.13 Å². The van der Waals surface area contributed by atoms with Gasteiger partial charge in [-0.3, -0.25) is 9.69 Å². The molecule has 6 heteroatoms. The highest BCUT2D eigenvalue weighted by Crippen LogP contribution is 2.28. The second-order valence-corrected chi connectivity index (χ2v) is 6.14. The van der Waals surface area contributed by atoms with Crippen molar-refractivity contribution in [2.24, 2.45) is 0 Å². The summed E-state index contributed by atoms with van der Waals surface area (Å²) in [4.78, 5) is 20.1. The molecule has 0 amide bonds. The number of anilines is 1. The van der Waals surface area contributed by atoms with Crippen LogP contribution in [0.2, 0.25) is 0 Å². The minimum absolute atomic E-state index is 0.205. The van der Waals surface area contributed by atoms with E-state index < -0.39 is 0 Å². The van der Waals surface area contributed by atoms with Crippen LogP contribution in [-0.4, -0.2) is 55.2 Å². The third-order valence-corrected chi connectivity index (χ3v) is 4.74. The van der Waals surface area contributed by atoms with Gasteiger partial charge in [-0.25, -0.2) is 4.98 Å². The zero-order chi connectivity index (χ0) is 14.7. The Morgan fingerprint density at radius 2 is 2.05 bits per heavy atom. The first-order chi connectivity index (χ1) is 10.2. The van der Waals surface area contributed by atoms with E-state index in [4.69, 9.17) is 9.72 Å². The molecule has 0 unspecified atom stereocenters. The number of ether oxygens (including phenoxy) is 1. The molecule has 0 radical (unpaired) electrons. The molecule has 0 saturated carbocycles. The Bertz CT molecular complexity index is 587. The minimum Gasteiger partial charge on any atom is -0.465 e. The number of fused-ring (bicyclic) bond motifs is 1. The lowest BCUT2D eigenvalue weighted by Gasteiger charge is -2.34. The molecule has 2 heterocycles. The van der Waals surface area contributed by atoms with Crippen molar-refractivity contribution < 1.29 is 9.53 Å². The Balaban J connectivity index is 1.54. The van der Waals surface area contributed by atoms with E-state index in [1.165, 1.54) is 11.6 Å². The van der Waals surface area contributed by atoms with Crippen molar-refractivity contribution in [3.63, 3.8) is 0 Å². The normalized spacial score (nSPS) is 16.3. The molecule has 0 spiro atoms. The fourth-order valence-corrected chi connectivity index (χ4v) is 3.49. The first-order valence-corrected chi connectivity index (χ1v) is 8.00. The molecule has 1 aromatic carbocycles. The van der Waals surface area contributed by atoms with Gasteiger partial charge < -0.3 is 9.64 Å². The lowest BCUT2D eigenvalue weighted by molar-refractivity contribution is -0.141. The number of rotatable bonds is 4. The molecule has 1 saturated heterocycles. The van der Waals surface area contributed by atoms with Crippen LogP contribution in [0.3, 0.4) is 0 Å². The molecular weight excluding hydrogens is 286 g/mol. The summed E-state index contributed by atoms with van der Waals surface area (Å²) in [6, 6.07) is 8.26. The average Bonchev–Trinajstić information content (AvgIpc) is 2.91. The van der Waals surface area contributed by atoms with E-state index in [0.29, 0.717) is 6.61 Å². The molecule has 0 aliphatic carbocycles. The molecule has 1 aliphatic rings. The minimum atomic E-state index is -0.205. The van der Waals surface area contributed by atoms with Gasteiger partial charge in [0, 0.05) is 39.6 Å². The molecule has 0 N–H and O–H groups in total. The summed E-state index contributed by atoms with van der Waals surface area (Å²) in [5.74, 6) is -0.205. The maximum atomic E-state index is 10.8. The monoisotopic (exact) mass is 305 g/mol. The third-order valence-electron chi connectivity index (χ3n) is 3.64. The summed E-state index contributed by atoms with van der Waals surface area (Å²) >= 11 is 1.75. The van der Waals surface area contributed by atoms with Crippen LogP contribution in [0.5, 0.6) is 0 Å². The van der Waals surface area contributed by atoms with Crippen LogP contribution >= 0.6 is 11.3 Å². The highest BCUT2D eigenvalue weighted by molar-refractivity contribution is 7.22. The number of esters is 1. The highest BCUT2D eigenvalue weighted by atomic mass is 32.1. The number of para-hydroxylation sites is 1. The molecule has 21 heavy (non-hydrogen) atoms. The van der Waals surface area contributed by atoms with Gasteiger partial charge in [0.2, 0.25) is 0 Å². The number of thiazole rings is 1. The second kappa shape index (κ2) is 6.41. The van der Waals surface area contributed by atoms with Crippen LogP contribution in [0, 0.1) is 0 Å². The maximum absolute atomic E-state index is 10.8.